The molecule has 2 fully saturated rings. The van der Waals surface area contributed by atoms with Crippen molar-refractivity contribution < 1.29 is 13.9 Å². The normalized spacial score (nSPS) is 25.2. The van der Waals surface area contributed by atoms with Gasteiger partial charge < -0.3 is 24.3 Å². The number of aryl methyl sites for hydroxylation is 1. The second-order valence-corrected chi connectivity index (χ2v) is 6.69. The number of urea groups is 1. The Labute approximate surface area is 136 Å². The van der Waals surface area contributed by atoms with Gasteiger partial charge in [-0.3, -0.25) is 0 Å². The molecule has 0 radical (unpaired) electrons. The molecule has 0 aliphatic carbocycles. The lowest BCUT2D eigenvalue weighted by Crippen LogP contribution is -2.62. The summed E-state index contributed by atoms with van der Waals surface area (Å²) >= 11 is 0. The standard InChI is InChI=1S/C15H25N5O3/c1-11(2)16-13(21)19-7-8-22-15(9-19)5-4-6-20(10-15)14-18-17-12(3)23-14/h11H,4-10H2,1-3H3,(H,16,21)/t15-/m0/s1. The average Bonchev–Trinajstić information content (AvgIpc) is 2.93. The second kappa shape index (κ2) is 6.35. The molecule has 8 nitrogen and oxygen atoms in total. The highest BCUT2D eigenvalue weighted by Crippen LogP contribution is 2.31. The molecule has 1 atom stereocenters. The van der Waals surface area contributed by atoms with Gasteiger partial charge in [0.1, 0.15) is 5.60 Å². The maximum Gasteiger partial charge on any atom is 0.318 e. The third kappa shape index (κ3) is 3.57. The highest BCUT2D eigenvalue weighted by atomic mass is 16.5. The summed E-state index contributed by atoms with van der Waals surface area (Å²) in [5, 5.41) is 11.0. The first-order valence-electron chi connectivity index (χ1n) is 8.22. The molecule has 1 spiro atoms. The maximum atomic E-state index is 12.3. The van der Waals surface area contributed by atoms with Crippen molar-refractivity contribution in [2.45, 2.75) is 45.3 Å². The molecular weight excluding hydrogens is 298 g/mol. The summed E-state index contributed by atoms with van der Waals surface area (Å²) in [6, 6.07) is 0.646. The molecule has 3 rings (SSSR count). The summed E-state index contributed by atoms with van der Waals surface area (Å²) in [6.07, 6.45) is 1.91. The number of nitrogens with one attached hydrogen (secondary N) is 1. The van der Waals surface area contributed by atoms with Crippen LogP contribution in [0, 0.1) is 6.92 Å². The van der Waals surface area contributed by atoms with E-state index in [1.807, 2.05) is 18.7 Å². The molecule has 1 aromatic rings. The number of amides is 2. The molecule has 2 aliphatic heterocycles. The highest BCUT2D eigenvalue weighted by molar-refractivity contribution is 5.74. The first kappa shape index (κ1) is 16.0. The van der Waals surface area contributed by atoms with Gasteiger partial charge in [0.25, 0.3) is 0 Å². The fourth-order valence-electron chi connectivity index (χ4n) is 3.28. The predicted molar refractivity (Wildman–Crippen MR) is 84.4 cm³/mol. The number of anilines is 1. The first-order valence-corrected chi connectivity index (χ1v) is 8.22. The van der Waals surface area contributed by atoms with E-state index in [0.29, 0.717) is 38.1 Å². The van der Waals surface area contributed by atoms with Crippen LogP contribution in [0.1, 0.15) is 32.6 Å². The van der Waals surface area contributed by atoms with Gasteiger partial charge in [-0.1, -0.05) is 5.10 Å². The quantitative estimate of drug-likeness (QED) is 0.879. The van der Waals surface area contributed by atoms with Crippen molar-refractivity contribution in [2.24, 2.45) is 0 Å². The van der Waals surface area contributed by atoms with E-state index in [2.05, 4.69) is 20.4 Å². The number of nitrogens with zero attached hydrogens (tertiary/aromatic N) is 4. The topological polar surface area (TPSA) is 83.7 Å². The molecule has 0 saturated carbocycles. The van der Waals surface area contributed by atoms with Crippen LogP contribution < -0.4 is 10.2 Å². The van der Waals surface area contributed by atoms with Crippen LogP contribution >= 0.6 is 0 Å². The van der Waals surface area contributed by atoms with Crippen LogP contribution in [-0.4, -0.2) is 65.6 Å². The molecule has 0 bridgehead atoms. The zero-order valence-electron chi connectivity index (χ0n) is 14.0. The van der Waals surface area contributed by atoms with Gasteiger partial charge in [-0.2, -0.15) is 0 Å². The molecular formula is C15H25N5O3. The predicted octanol–water partition coefficient (Wildman–Crippen LogP) is 1.17. The van der Waals surface area contributed by atoms with Crippen molar-refractivity contribution in [3.8, 4) is 0 Å². The zero-order chi connectivity index (χ0) is 16.4. The fraction of sp³-hybridized carbons (Fsp3) is 0.800. The van der Waals surface area contributed by atoms with Gasteiger partial charge in [0, 0.05) is 26.1 Å². The van der Waals surface area contributed by atoms with E-state index in [1.54, 1.807) is 6.92 Å². The third-order valence-electron chi connectivity index (χ3n) is 4.27. The molecule has 1 aromatic heterocycles. The lowest BCUT2D eigenvalue weighted by Gasteiger charge is -2.47. The molecule has 1 N–H and O–H groups in total. The number of carbonyl (C=O) groups is 1. The van der Waals surface area contributed by atoms with E-state index in [0.717, 1.165) is 19.4 Å². The molecule has 3 heterocycles. The summed E-state index contributed by atoms with van der Waals surface area (Å²) in [7, 11) is 0. The molecule has 8 heteroatoms. The number of aromatic nitrogens is 2. The zero-order valence-corrected chi connectivity index (χ0v) is 14.0. The van der Waals surface area contributed by atoms with E-state index >= 15 is 0 Å². The lowest BCUT2D eigenvalue weighted by molar-refractivity contribution is -0.103. The fourth-order valence-corrected chi connectivity index (χ4v) is 3.28. The minimum atomic E-state index is -0.354. The van der Waals surface area contributed by atoms with Gasteiger partial charge in [-0.25, -0.2) is 4.79 Å². The third-order valence-corrected chi connectivity index (χ3v) is 4.27. The smallest absolute Gasteiger partial charge is 0.318 e. The molecule has 0 aromatic carbocycles. The van der Waals surface area contributed by atoms with E-state index < -0.39 is 0 Å². The minimum Gasteiger partial charge on any atom is -0.408 e. The summed E-state index contributed by atoms with van der Waals surface area (Å²) < 4.78 is 11.6. The van der Waals surface area contributed by atoms with Crippen LogP contribution in [0.3, 0.4) is 0 Å². The van der Waals surface area contributed by atoms with Gasteiger partial charge in [-0.15, -0.1) is 5.10 Å². The number of carbonyl (C=O) groups excluding carboxylic acids is 1. The van der Waals surface area contributed by atoms with E-state index in [4.69, 9.17) is 9.15 Å². The highest BCUT2D eigenvalue weighted by Gasteiger charge is 2.42. The van der Waals surface area contributed by atoms with Gasteiger partial charge in [0.2, 0.25) is 5.89 Å². The van der Waals surface area contributed by atoms with Gasteiger partial charge in [0.15, 0.2) is 0 Å². The number of hydrogen-bond acceptors (Lipinski definition) is 6. The maximum absolute atomic E-state index is 12.3. The number of ether oxygens (including phenoxy) is 1. The second-order valence-electron chi connectivity index (χ2n) is 6.69. The molecule has 128 valence electrons. The number of hydrogen-bond donors (Lipinski definition) is 1. The average molecular weight is 323 g/mol. The summed E-state index contributed by atoms with van der Waals surface area (Å²) in [5.74, 6) is 0.558. The van der Waals surface area contributed by atoms with Crippen molar-refractivity contribution in [3.05, 3.63) is 5.89 Å². The summed E-state index contributed by atoms with van der Waals surface area (Å²) in [6.45, 7) is 9.02. The largest absolute Gasteiger partial charge is 0.408 e. The number of rotatable bonds is 2. The van der Waals surface area contributed by atoms with E-state index in [-0.39, 0.29) is 17.7 Å². The Morgan fingerprint density at radius 3 is 2.83 bits per heavy atom. The van der Waals surface area contributed by atoms with Gasteiger partial charge in [-0.05, 0) is 26.7 Å². The van der Waals surface area contributed by atoms with Crippen molar-refractivity contribution in [3.63, 3.8) is 0 Å². The Morgan fingerprint density at radius 1 is 1.30 bits per heavy atom. The van der Waals surface area contributed by atoms with Crippen LogP contribution in [0.2, 0.25) is 0 Å². The SMILES string of the molecule is Cc1nnc(N2CCC[C@]3(CN(C(=O)NC(C)C)CCO3)C2)o1. The van der Waals surface area contributed by atoms with Gasteiger partial charge in [0.05, 0.1) is 19.7 Å². The van der Waals surface area contributed by atoms with Crippen LogP contribution in [0.4, 0.5) is 10.8 Å². The Hall–Kier alpha value is -1.83. The van der Waals surface area contributed by atoms with Gasteiger partial charge >= 0.3 is 12.0 Å². The summed E-state index contributed by atoms with van der Waals surface area (Å²) in [4.78, 5) is 16.2. The molecule has 23 heavy (non-hydrogen) atoms. The van der Waals surface area contributed by atoms with Crippen molar-refractivity contribution in [1.82, 2.24) is 20.4 Å². The minimum absolute atomic E-state index is 0.0200. The number of morpholine rings is 1. The first-order chi connectivity index (χ1) is 11.0. The van der Waals surface area contributed by atoms with Crippen LogP contribution in [0.25, 0.3) is 0 Å². The number of piperidine rings is 1. The lowest BCUT2D eigenvalue weighted by atomic mass is 9.91. The Morgan fingerprint density at radius 2 is 2.13 bits per heavy atom. The van der Waals surface area contributed by atoms with Crippen LogP contribution in [-0.2, 0) is 4.74 Å². The Balaban J connectivity index is 1.69. The van der Waals surface area contributed by atoms with E-state index in [9.17, 15) is 4.79 Å². The van der Waals surface area contributed by atoms with Crippen molar-refractivity contribution in [2.75, 3.05) is 37.7 Å². The van der Waals surface area contributed by atoms with Crippen molar-refractivity contribution in [1.29, 1.82) is 0 Å². The van der Waals surface area contributed by atoms with E-state index in [1.165, 1.54) is 0 Å². The van der Waals surface area contributed by atoms with Crippen LogP contribution in [0.15, 0.2) is 4.42 Å². The van der Waals surface area contributed by atoms with Crippen molar-refractivity contribution >= 4 is 12.0 Å². The van der Waals surface area contributed by atoms with Crippen LogP contribution in [0.5, 0.6) is 0 Å². The molecule has 2 saturated heterocycles. The monoisotopic (exact) mass is 323 g/mol. The molecule has 2 amide bonds. The Kier molecular flexibility index (Phi) is 4.43. The molecule has 0 unspecified atom stereocenters. The molecule has 2 aliphatic rings. The summed E-state index contributed by atoms with van der Waals surface area (Å²) in [5.41, 5.74) is -0.354. The Bertz CT molecular complexity index is 557.